The largest absolute Gasteiger partial charge is 0.481 e. The first kappa shape index (κ1) is 20.3. The average Bonchev–Trinajstić information content (AvgIpc) is 2.98. The standard InChI is InChI=1S/C19H22N4O3S2/c1-10-11(2)28-19-15(10)17(25)22-14(23-19)9-27-12(3)16(24)21-8-13-6-5-7-20-18(13)26-4/h5-7,12H,8-9H2,1-4H3,(H,21,24)(H,22,23,25). The molecule has 1 amide bonds. The fourth-order valence-corrected chi connectivity index (χ4v) is 4.54. The molecule has 0 fully saturated rings. The maximum absolute atomic E-state index is 12.4. The first-order valence-corrected chi connectivity index (χ1v) is 10.6. The highest BCUT2D eigenvalue weighted by Gasteiger charge is 2.16. The molecule has 148 valence electrons. The quantitative estimate of drug-likeness (QED) is 0.612. The van der Waals surface area contributed by atoms with E-state index in [2.05, 4.69) is 20.3 Å². The zero-order chi connectivity index (χ0) is 20.3. The van der Waals surface area contributed by atoms with Crippen LogP contribution in [0.1, 0.15) is 28.8 Å². The molecule has 0 saturated carbocycles. The molecule has 0 aliphatic heterocycles. The Kier molecular flexibility index (Phi) is 6.35. The lowest BCUT2D eigenvalue weighted by Crippen LogP contribution is -2.30. The highest BCUT2D eigenvalue weighted by Crippen LogP contribution is 2.26. The summed E-state index contributed by atoms with van der Waals surface area (Å²) >= 11 is 2.94. The Morgan fingerprint density at radius 2 is 2.21 bits per heavy atom. The van der Waals surface area contributed by atoms with Gasteiger partial charge in [0.1, 0.15) is 10.7 Å². The van der Waals surface area contributed by atoms with Gasteiger partial charge in [-0.3, -0.25) is 9.59 Å². The van der Waals surface area contributed by atoms with Crippen LogP contribution in [0.25, 0.3) is 10.2 Å². The summed E-state index contributed by atoms with van der Waals surface area (Å²) in [4.78, 5) is 38.1. The molecule has 0 saturated heterocycles. The smallest absolute Gasteiger partial charge is 0.259 e. The molecule has 2 N–H and O–H groups in total. The Morgan fingerprint density at radius 3 is 2.96 bits per heavy atom. The van der Waals surface area contributed by atoms with Crippen molar-refractivity contribution in [1.82, 2.24) is 20.3 Å². The van der Waals surface area contributed by atoms with Crippen LogP contribution in [0.2, 0.25) is 0 Å². The summed E-state index contributed by atoms with van der Waals surface area (Å²) in [6.45, 7) is 6.09. The van der Waals surface area contributed by atoms with E-state index in [4.69, 9.17) is 4.74 Å². The molecule has 9 heteroatoms. The van der Waals surface area contributed by atoms with Crippen LogP contribution >= 0.6 is 23.1 Å². The summed E-state index contributed by atoms with van der Waals surface area (Å²) in [6.07, 6.45) is 1.64. The summed E-state index contributed by atoms with van der Waals surface area (Å²) in [7, 11) is 1.55. The van der Waals surface area contributed by atoms with Crippen molar-refractivity contribution >= 4 is 39.2 Å². The molecule has 3 rings (SSSR count). The molecule has 7 nitrogen and oxygen atoms in total. The Labute approximate surface area is 170 Å². The van der Waals surface area contributed by atoms with E-state index in [9.17, 15) is 9.59 Å². The van der Waals surface area contributed by atoms with E-state index < -0.39 is 0 Å². The van der Waals surface area contributed by atoms with E-state index in [0.29, 0.717) is 29.4 Å². The number of thiophene rings is 1. The predicted octanol–water partition coefficient (Wildman–Crippen LogP) is 2.94. The van der Waals surface area contributed by atoms with Gasteiger partial charge in [0.05, 0.1) is 23.5 Å². The summed E-state index contributed by atoms with van der Waals surface area (Å²) < 4.78 is 5.19. The number of fused-ring (bicyclic) bond motifs is 1. The minimum Gasteiger partial charge on any atom is -0.481 e. The molecule has 0 aromatic carbocycles. The maximum atomic E-state index is 12.4. The third-order valence-corrected chi connectivity index (χ3v) is 6.68. The number of aromatic nitrogens is 3. The minimum atomic E-state index is -0.296. The molecule has 0 aliphatic carbocycles. The average molecular weight is 419 g/mol. The van der Waals surface area contributed by atoms with E-state index in [-0.39, 0.29) is 16.7 Å². The molecule has 0 spiro atoms. The Hall–Kier alpha value is -2.39. The number of hydrogen-bond acceptors (Lipinski definition) is 7. The number of carbonyl (C=O) groups is 1. The number of H-pyrrole nitrogens is 1. The second-order valence-electron chi connectivity index (χ2n) is 6.32. The van der Waals surface area contributed by atoms with E-state index >= 15 is 0 Å². The fraction of sp³-hybridized carbons (Fsp3) is 0.368. The van der Waals surface area contributed by atoms with Crippen LogP contribution in [0, 0.1) is 13.8 Å². The van der Waals surface area contributed by atoms with Gasteiger partial charge in [0.25, 0.3) is 5.56 Å². The van der Waals surface area contributed by atoms with Crippen LogP contribution < -0.4 is 15.6 Å². The fourth-order valence-electron chi connectivity index (χ4n) is 2.72. The van der Waals surface area contributed by atoms with Gasteiger partial charge in [-0.2, -0.15) is 0 Å². The Bertz CT molecular complexity index is 1060. The number of carbonyl (C=O) groups excluding carboxylic acids is 1. The van der Waals surface area contributed by atoms with Crippen molar-refractivity contribution < 1.29 is 9.53 Å². The monoisotopic (exact) mass is 418 g/mol. The molecule has 0 aliphatic rings. The number of amides is 1. The van der Waals surface area contributed by atoms with Gasteiger partial charge in [-0.1, -0.05) is 6.07 Å². The molecule has 3 aromatic heterocycles. The van der Waals surface area contributed by atoms with Crippen LogP contribution in [-0.4, -0.2) is 33.2 Å². The van der Waals surface area contributed by atoms with Crippen molar-refractivity contribution in [2.24, 2.45) is 0 Å². The number of aromatic amines is 1. The number of methoxy groups -OCH3 is 1. The number of pyridine rings is 1. The minimum absolute atomic E-state index is 0.0952. The van der Waals surface area contributed by atoms with Gasteiger partial charge < -0.3 is 15.0 Å². The number of thioether (sulfide) groups is 1. The summed E-state index contributed by atoms with van der Waals surface area (Å²) in [5.41, 5.74) is 1.67. The van der Waals surface area contributed by atoms with E-state index in [1.807, 2.05) is 26.8 Å². The molecule has 3 heterocycles. The second kappa shape index (κ2) is 8.74. The molecular formula is C19H22N4O3S2. The Balaban J connectivity index is 1.60. The first-order valence-electron chi connectivity index (χ1n) is 8.76. The molecule has 3 aromatic rings. The van der Waals surface area contributed by atoms with Crippen molar-refractivity contribution in [1.29, 1.82) is 0 Å². The third kappa shape index (κ3) is 4.36. The van der Waals surface area contributed by atoms with E-state index in [1.165, 1.54) is 23.1 Å². The number of aryl methyl sites for hydroxylation is 2. The van der Waals surface area contributed by atoms with Gasteiger partial charge >= 0.3 is 0 Å². The van der Waals surface area contributed by atoms with Crippen LogP contribution in [0.5, 0.6) is 5.88 Å². The highest BCUT2D eigenvalue weighted by atomic mass is 32.2. The first-order chi connectivity index (χ1) is 13.4. The summed E-state index contributed by atoms with van der Waals surface area (Å²) in [5, 5.41) is 3.26. The van der Waals surface area contributed by atoms with Crippen LogP contribution in [0.4, 0.5) is 0 Å². The summed E-state index contributed by atoms with van der Waals surface area (Å²) in [6, 6.07) is 3.66. The molecular weight excluding hydrogens is 396 g/mol. The normalized spacial score (nSPS) is 12.1. The molecule has 1 unspecified atom stereocenters. The van der Waals surface area contributed by atoms with Crippen LogP contribution in [0.3, 0.4) is 0 Å². The van der Waals surface area contributed by atoms with Crippen molar-refractivity contribution in [2.45, 2.75) is 38.3 Å². The van der Waals surface area contributed by atoms with Gasteiger partial charge in [0.15, 0.2) is 0 Å². The summed E-state index contributed by atoms with van der Waals surface area (Å²) in [5.74, 6) is 1.44. The number of hydrogen-bond donors (Lipinski definition) is 2. The molecule has 0 bridgehead atoms. The van der Waals surface area contributed by atoms with Crippen molar-refractivity contribution in [3.63, 3.8) is 0 Å². The lowest BCUT2D eigenvalue weighted by molar-refractivity contribution is -0.120. The number of ether oxygens (including phenoxy) is 1. The van der Waals surface area contributed by atoms with Gasteiger partial charge in [-0.05, 0) is 32.4 Å². The predicted molar refractivity (Wildman–Crippen MR) is 113 cm³/mol. The molecule has 0 radical (unpaired) electrons. The van der Waals surface area contributed by atoms with Crippen molar-refractivity contribution in [3.05, 3.63) is 50.5 Å². The second-order valence-corrected chi connectivity index (χ2v) is 8.85. The van der Waals surface area contributed by atoms with Crippen molar-refractivity contribution in [3.8, 4) is 5.88 Å². The topological polar surface area (TPSA) is 97.0 Å². The van der Waals surface area contributed by atoms with Gasteiger partial charge in [0, 0.05) is 23.2 Å². The SMILES string of the molecule is COc1ncccc1CNC(=O)C(C)SCc1nc2sc(C)c(C)c2c(=O)[nH]1. The number of nitrogens with zero attached hydrogens (tertiary/aromatic N) is 2. The Morgan fingerprint density at radius 1 is 1.43 bits per heavy atom. The maximum Gasteiger partial charge on any atom is 0.259 e. The number of nitrogens with one attached hydrogen (secondary N) is 2. The van der Waals surface area contributed by atoms with Crippen LogP contribution in [-0.2, 0) is 17.1 Å². The van der Waals surface area contributed by atoms with Gasteiger partial charge in [-0.15, -0.1) is 23.1 Å². The van der Waals surface area contributed by atoms with Crippen molar-refractivity contribution in [2.75, 3.05) is 7.11 Å². The van der Waals surface area contributed by atoms with Gasteiger partial charge in [0.2, 0.25) is 11.8 Å². The number of rotatable bonds is 7. The molecule has 1 atom stereocenters. The lowest BCUT2D eigenvalue weighted by Gasteiger charge is -2.13. The lowest BCUT2D eigenvalue weighted by atomic mass is 10.2. The zero-order valence-corrected chi connectivity index (χ0v) is 17.8. The van der Waals surface area contributed by atoms with E-state index in [1.54, 1.807) is 19.4 Å². The van der Waals surface area contributed by atoms with E-state index in [0.717, 1.165) is 20.8 Å². The van der Waals surface area contributed by atoms with Crippen LogP contribution in [0.15, 0.2) is 23.1 Å². The van der Waals surface area contributed by atoms with Gasteiger partial charge in [-0.25, -0.2) is 9.97 Å². The molecule has 28 heavy (non-hydrogen) atoms. The third-order valence-electron chi connectivity index (χ3n) is 4.42. The zero-order valence-electron chi connectivity index (χ0n) is 16.2. The highest BCUT2D eigenvalue weighted by molar-refractivity contribution is 7.99.